The molecule has 1 heterocycles. The molecule has 0 aliphatic heterocycles. The zero-order chi connectivity index (χ0) is 25.5. The number of rotatable bonds is 13. The molecule has 3 aromatic rings. The first-order valence-electron chi connectivity index (χ1n) is 11.1. The summed E-state index contributed by atoms with van der Waals surface area (Å²) in [5, 5.41) is -0.0284. The molecule has 0 saturated heterocycles. The molecular formula is C23H30O11P2. The van der Waals surface area contributed by atoms with Crippen molar-refractivity contribution in [3.63, 3.8) is 0 Å². The molecule has 0 spiro atoms. The summed E-state index contributed by atoms with van der Waals surface area (Å²) in [7, 11) is -8.10. The van der Waals surface area contributed by atoms with Crippen LogP contribution < -0.4 is 14.5 Å². The van der Waals surface area contributed by atoms with E-state index in [4.69, 9.17) is 31.6 Å². The maximum atomic E-state index is 13.1. The molecule has 198 valence electrons. The van der Waals surface area contributed by atoms with E-state index in [9.17, 15) is 13.9 Å². The van der Waals surface area contributed by atoms with Gasteiger partial charge in [-0.25, -0.2) is 9.13 Å². The minimum atomic E-state index is -4.10. The van der Waals surface area contributed by atoms with Crippen LogP contribution in [-0.4, -0.2) is 31.9 Å². The summed E-state index contributed by atoms with van der Waals surface area (Å²) in [6.07, 6.45) is 0. The molecule has 2 aromatic carbocycles. The van der Waals surface area contributed by atoms with Crippen LogP contribution >= 0.6 is 15.6 Å². The minimum Gasteiger partial charge on any atom is -0.870 e. The Hall–Kier alpha value is -2.49. The predicted molar refractivity (Wildman–Crippen MR) is 134 cm³/mol. The minimum absolute atomic E-state index is 0. The molecule has 0 saturated carbocycles. The SMILES string of the molecule is CCOP(=O)(OCC)Oc1cc(OP(=O)(OCC)OCC)c2c(=O)cc(-c3ccccc3)oc2c1.[H+].[OH-]. The van der Waals surface area contributed by atoms with Gasteiger partial charge in [-0.15, -0.1) is 0 Å². The van der Waals surface area contributed by atoms with Crippen molar-refractivity contribution in [2.75, 3.05) is 26.4 Å². The topological polar surface area (TPSA) is 150 Å². The molecule has 3 rings (SSSR count). The van der Waals surface area contributed by atoms with Crippen molar-refractivity contribution in [2.45, 2.75) is 27.7 Å². The summed E-state index contributed by atoms with van der Waals surface area (Å²) < 4.78 is 64.0. The van der Waals surface area contributed by atoms with Gasteiger partial charge in [0.25, 0.3) is 0 Å². The predicted octanol–water partition coefficient (Wildman–Crippen LogP) is 6.52. The van der Waals surface area contributed by atoms with Crippen molar-refractivity contribution in [1.82, 2.24) is 0 Å². The number of hydrogen-bond donors (Lipinski definition) is 0. The van der Waals surface area contributed by atoms with Gasteiger partial charge in [0.15, 0.2) is 5.43 Å². The average molecular weight is 544 g/mol. The molecule has 1 N–H and O–H groups in total. The first-order valence-corrected chi connectivity index (χ1v) is 14.0. The largest absolute Gasteiger partial charge is 1.00 e. The van der Waals surface area contributed by atoms with Crippen molar-refractivity contribution in [3.8, 4) is 22.8 Å². The lowest BCUT2D eigenvalue weighted by Gasteiger charge is -2.20. The lowest BCUT2D eigenvalue weighted by molar-refractivity contribution is 0.166. The average Bonchev–Trinajstić information content (AvgIpc) is 2.79. The highest BCUT2D eigenvalue weighted by Gasteiger charge is 2.32. The molecule has 0 aliphatic carbocycles. The van der Waals surface area contributed by atoms with E-state index in [2.05, 4.69) is 0 Å². The van der Waals surface area contributed by atoms with Crippen molar-refractivity contribution in [3.05, 3.63) is 58.8 Å². The van der Waals surface area contributed by atoms with Crippen LogP contribution in [0.2, 0.25) is 0 Å². The molecule has 36 heavy (non-hydrogen) atoms. The molecule has 0 unspecified atom stereocenters. The van der Waals surface area contributed by atoms with Crippen molar-refractivity contribution >= 4 is 26.6 Å². The van der Waals surface area contributed by atoms with Crippen LogP contribution in [0.4, 0.5) is 0 Å². The lowest BCUT2D eigenvalue weighted by atomic mass is 10.1. The molecule has 1 aromatic heterocycles. The van der Waals surface area contributed by atoms with Crippen LogP contribution in [0.15, 0.2) is 57.7 Å². The fraction of sp³-hybridized carbons (Fsp3) is 0.348. The Balaban J connectivity index is 0.00000342. The van der Waals surface area contributed by atoms with Crippen LogP contribution in [0.25, 0.3) is 22.3 Å². The van der Waals surface area contributed by atoms with Crippen LogP contribution in [0.1, 0.15) is 29.1 Å². The number of fused-ring (bicyclic) bond motifs is 1. The number of phosphoric ester groups is 2. The molecular weight excluding hydrogens is 514 g/mol. The molecule has 0 fully saturated rings. The van der Waals surface area contributed by atoms with Gasteiger partial charge < -0.3 is 18.9 Å². The quantitative estimate of drug-likeness (QED) is 0.216. The lowest BCUT2D eigenvalue weighted by Crippen LogP contribution is -2.08. The molecule has 13 heteroatoms. The Morgan fingerprint density at radius 3 is 1.83 bits per heavy atom. The van der Waals surface area contributed by atoms with Crippen LogP contribution in [0.5, 0.6) is 11.5 Å². The van der Waals surface area contributed by atoms with Gasteiger partial charge in [0.05, 0.1) is 26.4 Å². The van der Waals surface area contributed by atoms with Gasteiger partial charge in [-0.1, -0.05) is 30.3 Å². The number of phosphoric acid groups is 2. The molecule has 0 amide bonds. The van der Waals surface area contributed by atoms with Gasteiger partial charge in [-0.2, -0.15) is 0 Å². The van der Waals surface area contributed by atoms with E-state index in [0.29, 0.717) is 5.56 Å². The maximum absolute atomic E-state index is 13.1. The highest BCUT2D eigenvalue weighted by Crippen LogP contribution is 2.53. The monoisotopic (exact) mass is 544 g/mol. The third-order valence-electron chi connectivity index (χ3n) is 4.40. The molecule has 0 atom stereocenters. The smallest absolute Gasteiger partial charge is 0.870 e. The van der Waals surface area contributed by atoms with Gasteiger partial charge in [-0.3, -0.25) is 22.9 Å². The van der Waals surface area contributed by atoms with Gasteiger partial charge in [0.2, 0.25) is 0 Å². The number of benzene rings is 2. The Morgan fingerprint density at radius 2 is 1.31 bits per heavy atom. The van der Waals surface area contributed by atoms with E-state index in [1.807, 2.05) is 6.07 Å². The Morgan fingerprint density at radius 1 is 0.778 bits per heavy atom. The normalized spacial score (nSPS) is 11.8. The van der Waals surface area contributed by atoms with E-state index in [1.165, 1.54) is 18.2 Å². The zero-order valence-corrected chi connectivity index (χ0v) is 22.2. The molecule has 0 aliphatic rings. The second-order valence-corrected chi connectivity index (χ2v) is 10.1. The van der Waals surface area contributed by atoms with Gasteiger partial charge in [-0.05, 0) is 27.7 Å². The molecule has 11 nitrogen and oxygen atoms in total. The first-order chi connectivity index (χ1) is 16.8. The van der Waals surface area contributed by atoms with Crippen LogP contribution in [-0.2, 0) is 27.2 Å². The summed E-state index contributed by atoms with van der Waals surface area (Å²) in [5.41, 5.74) is 0.218. The summed E-state index contributed by atoms with van der Waals surface area (Å²) in [5.74, 6) is 0.0167. The van der Waals surface area contributed by atoms with E-state index < -0.39 is 21.1 Å². The fourth-order valence-electron chi connectivity index (χ4n) is 3.16. The summed E-state index contributed by atoms with van der Waals surface area (Å²) in [6.45, 7) is 6.69. The Bertz CT molecular complexity index is 1280. The summed E-state index contributed by atoms with van der Waals surface area (Å²) in [4.78, 5) is 13.1. The Labute approximate surface area is 210 Å². The van der Waals surface area contributed by atoms with E-state index in [1.54, 1.807) is 52.0 Å². The zero-order valence-electron chi connectivity index (χ0n) is 21.4. The van der Waals surface area contributed by atoms with Crippen LogP contribution in [0.3, 0.4) is 0 Å². The van der Waals surface area contributed by atoms with Crippen molar-refractivity contribution in [1.29, 1.82) is 0 Å². The van der Waals surface area contributed by atoms with Gasteiger partial charge >= 0.3 is 17.1 Å². The van der Waals surface area contributed by atoms with Gasteiger partial charge in [0.1, 0.15) is 28.2 Å². The van der Waals surface area contributed by atoms with Crippen molar-refractivity contribution in [2.24, 2.45) is 0 Å². The number of hydrogen-bond acceptors (Lipinski definition) is 11. The highest BCUT2D eigenvalue weighted by atomic mass is 31.2. The first kappa shape index (κ1) is 29.7. The molecule has 0 radical (unpaired) electrons. The Kier molecular flexibility index (Phi) is 10.9. The fourth-order valence-corrected chi connectivity index (χ4v) is 5.53. The maximum Gasteiger partial charge on any atom is 1.00 e. The van der Waals surface area contributed by atoms with Crippen LogP contribution in [0, 0.1) is 0 Å². The van der Waals surface area contributed by atoms with E-state index in [0.717, 1.165) is 0 Å². The van der Waals surface area contributed by atoms with Gasteiger partial charge in [0, 0.05) is 23.8 Å². The highest BCUT2D eigenvalue weighted by molar-refractivity contribution is 7.49. The third kappa shape index (κ3) is 7.27. The summed E-state index contributed by atoms with van der Waals surface area (Å²) >= 11 is 0. The summed E-state index contributed by atoms with van der Waals surface area (Å²) in [6, 6.07) is 12.9. The second-order valence-electron chi connectivity index (χ2n) is 6.88. The second kappa shape index (κ2) is 13.2. The third-order valence-corrected chi connectivity index (χ3v) is 7.55. The van der Waals surface area contributed by atoms with E-state index >= 15 is 0 Å². The van der Waals surface area contributed by atoms with Crippen molar-refractivity contribution < 1.29 is 47.6 Å². The standard InChI is InChI=1S/C23H28O10P2.H2O/c1-5-27-34(25,28-6-2)32-18-14-21-23(22(15-18)33-35(26,29-7-3)30-8-4)19(24)16-20(31-21)17-12-10-9-11-13-17;/h9-16H,5-8H2,1-4H3;1H2. The molecule has 0 bridgehead atoms. The van der Waals surface area contributed by atoms with E-state index in [-0.39, 0.29) is 61.6 Å².